The van der Waals surface area contributed by atoms with E-state index >= 15 is 0 Å². The van der Waals surface area contributed by atoms with Gasteiger partial charge in [0.1, 0.15) is 5.75 Å². The van der Waals surface area contributed by atoms with Crippen molar-refractivity contribution in [3.05, 3.63) is 29.8 Å². The highest BCUT2D eigenvalue weighted by atomic mass is 32.2. The minimum atomic E-state index is -3.52. The largest absolute Gasteiger partial charge is 0.383 e. The molecule has 1 rings (SSSR count). The highest BCUT2D eigenvalue weighted by Gasteiger charge is 2.12. The van der Waals surface area contributed by atoms with Crippen molar-refractivity contribution in [1.82, 2.24) is 4.90 Å². The maximum Gasteiger partial charge on any atom is 0.306 e. The number of rotatable bonds is 8. The van der Waals surface area contributed by atoms with Gasteiger partial charge in [-0.3, -0.25) is 4.79 Å². The second-order valence-corrected chi connectivity index (χ2v) is 6.17. The Hall–Kier alpha value is -1.60. The molecule has 0 radical (unpaired) electrons. The third kappa shape index (κ3) is 6.59. The fourth-order valence-corrected chi connectivity index (χ4v) is 2.22. The fourth-order valence-electron chi connectivity index (χ4n) is 1.76. The molecule has 118 valence electrons. The van der Waals surface area contributed by atoms with Crippen LogP contribution in [0.4, 0.5) is 0 Å². The van der Waals surface area contributed by atoms with Crippen LogP contribution in [0.15, 0.2) is 24.3 Å². The molecule has 0 bridgehead atoms. The van der Waals surface area contributed by atoms with Crippen LogP contribution in [-0.2, 0) is 26.2 Å². The normalized spacial score (nSPS) is 11.2. The third-order valence-corrected chi connectivity index (χ3v) is 3.26. The first-order chi connectivity index (χ1) is 9.85. The molecule has 0 N–H and O–H groups in total. The van der Waals surface area contributed by atoms with Gasteiger partial charge in [-0.25, -0.2) is 0 Å². The van der Waals surface area contributed by atoms with Crippen LogP contribution < -0.4 is 4.18 Å². The van der Waals surface area contributed by atoms with Crippen molar-refractivity contribution in [3.8, 4) is 5.75 Å². The molecule has 0 spiro atoms. The molecule has 0 aliphatic heterocycles. The van der Waals surface area contributed by atoms with Crippen molar-refractivity contribution < 1.29 is 22.1 Å². The molecule has 0 saturated heterocycles. The summed E-state index contributed by atoms with van der Waals surface area (Å²) in [5, 5.41) is 0. The van der Waals surface area contributed by atoms with E-state index in [2.05, 4.69) is 0 Å². The number of hydrogen-bond donors (Lipinski definition) is 0. The van der Waals surface area contributed by atoms with E-state index in [0.29, 0.717) is 26.1 Å². The molecule has 0 unspecified atom stereocenters. The lowest BCUT2D eigenvalue weighted by atomic mass is 10.2. The summed E-state index contributed by atoms with van der Waals surface area (Å²) in [6.45, 7) is 3.26. The van der Waals surface area contributed by atoms with Crippen molar-refractivity contribution in [2.24, 2.45) is 0 Å². The summed E-state index contributed by atoms with van der Waals surface area (Å²) >= 11 is 0. The summed E-state index contributed by atoms with van der Waals surface area (Å²) in [5.74, 6) is 0.301. The first-order valence-corrected chi connectivity index (χ1v) is 8.42. The molecule has 0 aliphatic rings. The van der Waals surface area contributed by atoms with Gasteiger partial charge in [0, 0.05) is 26.6 Å². The van der Waals surface area contributed by atoms with E-state index < -0.39 is 10.1 Å². The predicted molar refractivity (Wildman–Crippen MR) is 79.5 cm³/mol. The zero-order valence-corrected chi connectivity index (χ0v) is 13.4. The molecule has 0 heterocycles. The Balaban J connectivity index is 2.73. The van der Waals surface area contributed by atoms with E-state index in [0.717, 1.165) is 11.8 Å². The van der Waals surface area contributed by atoms with Gasteiger partial charge in [-0.15, -0.1) is 0 Å². The number of nitrogens with zero attached hydrogens (tertiary/aromatic N) is 1. The van der Waals surface area contributed by atoms with Gasteiger partial charge in [0.2, 0.25) is 5.91 Å². The molecule has 6 nitrogen and oxygen atoms in total. The van der Waals surface area contributed by atoms with Gasteiger partial charge < -0.3 is 13.8 Å². The average Bonchev–Trinajstić information content (AvgIpc) is 2.42. The van der Waals surface area contributed by atoms with Crippen LogP contribution in [0.25, 0.3) is 0 Å². The fraction of sp³-hybridized carbons (Fsp3) is 0.500. The van der Waals surface area contributed by atoms with Crippen molar-refractivity contribution in [3.63, 3.8) is 0 Å². The predicted octanol–water partition coefficient (Wildman–Crippen LogP) is 1.41. The summed E-state index contributed by atoms with van der Waals surface area (Å²) in [7, 11) is -1.93. The van der Waals surface area contributed by atoms with E-state index in [4.69, 9.17) is 8.92 Å². The molecular weight excluding hydrogens is 294 g/mol. The van der Waals surface area contributed by atoms with Gasteiger partial charge in [-0.2, -0.15) is 8.42 Å². The third-order valence-electron chi connectivity index (χ3n) is 2.76. The summed E-state index contributed by atoms with van der Waals surface area (Å²) in [5.41, 5.74) is 0.897. The number of ether oxygens (including phenoxy) is 1. The summed E-state index contributed by atoms with van der Waals surface area (Å²) in [6.07, 6.45) is 1.42. The lowest BCUT2D eigenvalue weighted by Gasteiger charge is -2.22. The topological polar surface area (TPSA) is 72.9 Å². The minimum Gasteiger partial charge on any atom is -0.383 e. The standard InChI is InChI=1S/C14H21NO5S/c1-4-14(16)15(9-10-19-2)11-12-5-7-13(8-6-12)20-21(3,17)18/h5-8H,4,9-11H2,1-3H3. The molecule has 1 aromatic rings. The SMILES string of the molecule is CCC(=O)N(CCOC)Cc1ccc(OS(C)(=O)=O)cc1. The van der Waals surface area contributed by atoms with Crippen LogP contribution in [0.1, 0.15) is 18.9 Å². The number of hydrogen-bond acceptors (Lipinski definition) is 5. The highest BCUT2D eigenvalue weighted by molar-refractivity contribution is 7.86. The average molecular weight is 315 g/mol. The Bertz CT molecular complexity index is 553. The number of amides is 1. The van der Waals surface area contributed by atoms with Crippen LogP contribution in [0.5, 0.6) is 5.75 Å². The monoisotopic (exact) mass is 315 g/mol. The zero-order valence-electron chi connectivity index (χ0n) is 12.5. The molecule has 1 amide bonds. The van der Waals surface area contributed by atoms with Crippen LogP contribution in [0.3, 0.4) is 0 Å². The Morgan fingerprint density at radius 1 is 1.24 bits per heavy atom. The second-order valence-electron chi connectivity index (χ2n) is 4.59. The van der Waals surface area contributed by atoms with Crippen molar-refractivity contribution >= 4 is 16.0 Å². The molecule has 0 fully saturated rings. The lowest BCUT2D eigenvalue weighted by Crippen LogP contribution is -2.32. The van der Waals surface area contributed by atoms with Crippen molar-refractivity contribution in [1.29, 1.82) is 0 Å². The smallest absolute Gasteiger partial charge is 0.306 e. The van der Waals surface area contributed by atoms with E-state index in [-0.39, 0.29) is 11.7 Å². The quantitative estimate of drug-likeness (QED) is 0.678. The van der Waals surface area contributed by atoms with Gasteiger partial charge in [-0.05, 0) is 17.7 Å². The maximum atomic E-state index is 11.8. The molecule has 0 aliphatic carbocycles. The van der Waals surface area contributed by atoms with E-state index in [1.807, 2.05) is 6.92 Å². The van der Waals surface area contributed by atoms with E-state index in [9.17, 15) is 13.2 Å². The van der Waals surface area contributed by atoms with Gasteiger partial charge in [-0.1, -0.05) is 19.1 Å². The minimum absolute atomic E-state index is 0.0449. The molecule has 0 atom stereocenters. The van der Waals surface area contributed by atoms with Crippen LogP contribution in [0.2, 0.25) is 0 Å². The Morgan fingerprint density at radius 2 is 1.86 bits per heavy atom. The first-order valence-electron chi connectivity index (χ1n) is 6.61. The number of carbonyl (C=O) groups is 1. The highest BCUT2D eigenvalue weighted by Crippen LogP contribution is 2.15. The first kappa shape index (κ1) is 17.5. The molecule has 21 heavy (non-hydrogen) atoms. The van der Waals surface area contributed by atoms with Crippen LogP contribution in [0, 0.1) is 0 Å². The Kier molecular flexibility index (Phi) is 6.64. The number of benzene rings is 1. The van der Waals surface area contributed by atoms with Crippen LogP contribution in [-0.4, -0.2) is 45.7 Å². The van der Waals surface area contributed by atoms with Gasteiger partial charge in [0.25, 0.3) is 0 Å². The Morgan fingerprint density at radius 3 is 2.33 bits per heavy atom. The molecule has 1 aromatic carbocycles. The summed E-state index contributed by atoms with van der Waals surface area (Å²) < 4.78 is 31.8. The maximum absolute atomic E-state index is 11.8. The lowest BCUT2D eigenvalue weighted by molar-refractivity contribution is -0.132. The van der Waals surface area contributed by atoms with Crippen LogP contribution >= 0.6 is 0 Å². The number of carbonyl (C=O) groups excluding carboxylic acids is 1. The van der Waals surface area contributed by atoms with Gasteiger partial charge in [0.05, 0.1) is 12.9 Å². The summed E-state index contributed by atoms with van der Waals surface area (Å²) in [4.78, 5) is 13.5. The van der Waals surface area contributed by atoms with Gasteiger partial charge in [0.15, 0.2) is 0 Å². The molecular formula is C14H21NO5S. The van der Waals surface area contributed by atoms with Crippen molar-refractivity contribution in [2.45, 2.75) is 19.9 Å². The zero-order chi connectivity index (χ0) is 15.9. The second kappa shape index (κ2) is 7.99. The molecule has 0 saturated carbocycles. The van der Waals surface area contributed by atoms with Gasteiger partial charge >= 0.3 is 10.1 Å². The molecule has 7 heteroatoms. The summed E-state index contributed by atoms with van der Waals surface area (Å²) in [6, 6.07) is 6.62. The van der Waals surface area contributed by atoms with Crippen molar-refractivity contribution in [2.75, 3.05) is 26.5 Å². The number of methoxy groups -OCH3 is 1. The Labute approximate surface area is 125 Å². The van der Waals surface area contributed by atoms with E-state index in [1.165, 1.54) is 0 Å². The molecule has 0 aromatic heterocycles. The van der Waals surface area contributed by atoms with E-state index in [1.54, 1.807) is 36.3 Å².